The number of hydrogen-bond acceptors (Lipinski definition) is 5. The summed E-state index contributed by atoms with van der Waals surface area (Å²) < 4.78 is 5.30. The molecule has 4 nitrogen and oxygen atoms in total. The van der Waals surface area contributed by atoms with Crippen LogP contribution in [0, 0.1) is 5.92 Å². The molecule has 0 aliphatic carbocycles. The molecule has 0 aromatic carbocycles. The van der Waals surface area contributed by atoms with Gasteiger partial charge in [0.2, 0.25) is 0 Å². The Kier molecular flexibility index (Phi) is 6.26. The molecule has 1 saturated heterocycles. The summed E-state index contributed by atoms with van der Waals surface area (Å²) in [6.45, 7) is 8.55. The van der Waals surface area contributed by atoms with Crippen molar-refractivity contribution >= 4 is 16.5 Å². The average Bonchev–Trinajstić information content (AvgIpc) is 2.95. The van der Waals surface area contributed by atoms with Crippen LogP contribution in [-0.4, -0.2) is 38.3 Å². The van der Waals surface area contributed by atoms with E-state index in [1.54, 1.807) is 7.11 Å². The minimum Gasteiger partial charge on any atom is -0.384 e. The zero-order valence-corrected chi connectivity index (χ0v) is 13.7. The first-order valence-corrected chi connectivity index (χ1v) is 8.49. The van der Waals surface area contributed by atoms with Crippen LogP contribution in [0.3, 0.4) is 0 Å². The quantitative estimate of drug-likeness (QED) is 0.839. The first-order chi connectivity index (χ1) is 9.74. The molecule has 1 aromatic rings. The van der Waals surface area contributed by atoms with Gasteiger partial charge in [0.05, 0.1) is 6.61 Å². The summed E-state index contributed by atoms with van der Waals surface area (Å²) in [5, 5.41) is 4.70. The van der Waals surface area contributed by atoms with E-state index < -0.39 is 0 Å². The Balaban J connectivity index is 1.93. The number of thiazole rings is 1. The van der Waals surface area contributed by atoms with E-state index in [-0.39, 0.29) is 0 Å². The van der Waals surface area contributed by atoms with Gasteiger partial charge < -0.3 is 15.0 Å². The minimum atomic E-state index is 0.403. The molecule has 2 heterocycles. The standard InChI is InChI=1S/C15H27N3OS/c1-4-7-16-12(2)14-9-17-15(20-14)18-8-5-6-13(10-18)11-19-3/h9,12-13,16H,4-8,10-11H2,1-3H3. The van der Waals surface area contributed by atoms with Crippen molar-refractivity contribution in [3.63, 3.8) is 0 Å². The van der Waals surface area contributed by atoms with Crippen LogP contribution >= 0.6 is 11.3 Å². The van der Waals surface area contributed by atoms with E-state index in [0.717, 1.165) is 26.2 Å². The molecule has 0 saturated carbocycles. The summed E-state index contributed by atoms with van der Waals surface area (Å²) in [5.41, 5.74) is 0. The fraction of sp³-hybridized carbons (Fsp3) is 0.800. The predicted octanol–water partition coefficient (Wildman–Crippen LogP) is 3.07. The SMILES string of the molecule is CCCNC(C)c1cnc(N2CCCC(COC)C2)s1. The molecule has 2 rings (SSSR count). The zero-order valence-electron chi connectivity index (χ0n) is 12.9. The molecule has 0 bridgehead atoms. The average molecular weight is 297 g/mol. The van der Waals surface area contributed by atoms with Crippen molar-refractivity contribution in [2.45, 2.75) is 39.2 Å². The third-order valence-corrected chi connectivity index (χ3v) is 5.07. The number of nitrogens with one attached hydrogen (secondary N) is 1. The van der Waals surface area contributed by atoms with Crippen molar-refractivity contribution in [1.82, 2.24) is 10.3 Å². The Hall–Kier alpha value is -0.650. The number of piperidine rings is 1. The molecule has 5 heteroatoms. The molecule has 1 fully saturated rings. The van der Waals surface area contributed by atoms with Crippen LogP contribution in [0.4, 0.5) is 5.13 Å². The minimum absolute atomic E-state index is 0.403. The number of hydrogen-bond donors (Lipinski definition) is 1. The second-order valence-electron chi connectivity index (χ2n) is 5.63. The maximum Gasteiger partial charge on any atom is 0.185 e. The Morgan fingerprint density at radius 1 is 1.60 bits per heavy atom. The molecule has 114 valence electrons. The topological polar surface area (TPSA) is 37.4 Å². The molecular weight excluding hydrogens is 270 g/mol. The van der Waals surface area contributed by atoms with Crippen molar-refractivity contribution < 1.29 is 4.74 Å². The van der Waals surface area contributed by atoms with Crippen LogP contribution in [0.1, 0.15) is 44.0 Å². The highest BCUT2D eigenvalue weighted by atomic mass is 32.1. The van der Waals surface area contributed by atoms with Gasteiger partial charge in [-0.05, 0) is 38.6 Å². The smallest absolute Gasteiger partial charge is 0.185 e. The fourth-order valence-electron chi connectivity index (χ4n) is 2.70. The van der Waals surface area contributed by atoms with Crippen LogP contribution in [0.5, 0.6) is 0 Å². The van der Waals surface area contributed by atoms with Crippen LogP contribution in [0.25, 0.3) is 0 Å². The number of anilines is 1. The fourth-order valence-corrected chi connectivity index (χ4v) is 3.67. The molecule has 0 spiro atoms. The van der Waals surface area contributed by atoms with Gasteiger partial charge in [-0.2, -0.15) is 0 Å². The highest BCUT2D eigenvalue weighted by Gasteiger charge is 2.22. The number of ether oxygens (including phenoxy) is 1. The van der Waals surface area contributed by atoms with E-state index in [2.05, 4.69) is 29.0 Å². The van der Waals surface area contributed by atoms with Gasteiger partial charge in [0.25, 0.3) is 0 Å². The van der Waals surface area contributed by atoms with Crippen molar-refractivity contribution in [3.05, 3.63) is 11.1 Å². The zero-order chi connectivity index (χ0) is 14.4. The van der Waals surface area contributed by atoms with Gasteiger partial charge in [0, 0.05) is 37.3 Å². The highest BCUT2D eigenvalue weighted by Crippen LogP contribution is 2.30. The Labute approximate surface area is 126 Å². The van der Waals surface area contributed by atoms with Crippen LogP contribution < -0.4 is 10.2 Å². The van der Waals surface area contributed by atoms with Crippen molar-refractivity contribution in [2.24, 2.45) is 5.92 Å². The number of methoxy groups -OCH3 is 1. The van der Waals surface area contributed by atoms with Gasteiger partial charge in [0.15, 0.2) is 5.13 Å². The molecule has 1 aliphatic rings. The lowest BCUT2D eigenvalue weighted by atomic mass is 9.99. The Morgan fingerprint density at radius 3 is 3.20 bits per heavy atom. The first-order valence-electron chi connectivity index (χ1n) is 7.67. The molecule has 0 amide bonds. The third kappa shape index (κ3) is 4.17. The monoisotopic (exact) mass is 297 g/mol. The molecule has 1 aliphatic heterocycles. The van der Waals surface area contributed by atoms with Crippen molar-refractivity contribution in [3.8, 4) is 0 Å². The van der Waals surface area contributed by atoms with Crippen LogP contribution in [0.15, 0.2) is 6.20 Å². The Bertz CT molecular complexity index is 394. The number of aromatic nitrogens is 1. The third-order valence-electron chi connectivity index (χ3n) is 3.83. The van der Waals surface area contributed by atoms with Crippen LogP contribution in [-0.2, 0) is 4.74 Å². The second kappa shape index (κ2) is 7.96. The van der Waals surface area contributed by atoms with Gasteiger partial charge in [0.1, 0.15) is 0 Å². The molecule has 0 radical (unpaired) electrons. The van der Waals surface area contributed by atoms with Crippen LogP contribution in [0.2, 0.25) is 0 Å². The van der Waals surface area contributed by atoms with Gasteiger partial charge in [-0.15, -0.1) is 11.3 Å². The van der Waals surface area contributed by atoms with Gasteiger partial charge in [-0.3, -0.25) is 0 Å². The van der Waals surface area contributed by atoms with Gasteiger partial charge >= 0.3 is 0 Å². The van der Waals surface area contributed by atoms with E-state index in [1.807, 2.05) is 17.5 Å². The molecule has 2 unspecified atom stereocenters. The lowest BCUT2D eigenvalue weighted by Gasteiger charge is -2.32. The summed E-state index contributed by atoms with van der Waals surface area (Å²) in [4.78, 5) is 8.39. The van der Waals surface area contributed by atoms with E-state index >= 15 is 0 Å². The largest absolute Gasteiger partial charge is 0.384 e. The van der Waals surface area contributed by atoms with E-state index in [4.69, 9.17) is 4.74 Å². The van der Waals surface area contributed by atoms with E-state index in [0.29, 0.717) is 12.0 Å². The summed E-state index contributed by atoms with van der Waals surface area (Å²) in [7, 11) is 1.79. The second-order valence-corrected chi connectivity index (χ2v) is 6.67. The lowest BCUT2D eigenvalue weighted by molar-refractivity contribution is 0.143. The molecule has 1 N–H and O–H groups in total. The summed E-state index contributed by atoms with van der Waals surface area (Å²) >= 11 is 1.83. The van der Waals surface area contributed by atoms with E-state index in [9.17, 15) is 0 Å². The molecule has 2 atom stereocenters. The number of rotatable bonds is 7. The van der Waals surface area contributed by atoms with E-state index in [1.165, 1.54) is 29.3 Å². The lowest BCUT2D eigenvalue weighted by Crippen LogP contribution is -2.37. The highest BCUT2D eigenvalue weighted by molar-refractivity contribution is 7.15. The first kappa shape index (κ1) is 15.7. The summed E-state index contributed by atoms with van der Waals surface area (Å²) in [6, 6.07) is 0.403. The van der Waals surface area contributed by atoms with Gasteiger partial charge in [-0.1, -0.05) is 6.92 Å². The molecular formula is C15H27N3OS. The van der Waals surface area contributed by atoms with Crippen molar-refractivity contribution in [2.75, 3.05) is 38.3 Å². The summed E-state index contributed by atoms with van der Waals surface area (Å²) in [5.74, 6) is 0.650. The number of nitrogens with zero attached hydrogens (tertiary/aromatic N) is 2. The maximum atomic E-state index is 5.30. The predicted molar refractivity (Wildman–Crippen MR) is 85.6 cm³/mol. The summed E-state index contributed by atoms with van der Waals surface area (Å²) in [6.07, 6.45) is 5.72. The molecule has 20 heavy (non-hydrogen) atoms. The Morgan fingerprint density at radius 2 is 2.45 bits per heavy atom. The van der Waals surface area contributed by atoms with Gasteiger partial charge in [-0.25, -0.2) is 4.98 Å². The maximum absolute atomic E-state index is 5.30. The normalized spacial score (nSPS) is 21.1. The van der Waals surface area contributed by atoms with Crippen molar-refractivity contribution in [1.29, 1.82) is 0 Å². The molecule has 1 aromatic heterocycles.